The highest BCUT2D eigenvalue weighted by molar-refractivity contribution is 5.92. The van der Waals surface area contributed by atoms with Crippen molar-refractivity contribution in [1.82, 2.24) is 15.1 Å². The van der Waals surface area contributed by atoms with Crippen molar-refractivity contribution in [2.24, 2.45) is 0 Å². The lowest BCUT2D eigenvalue weighted by Crippen LogP contribution is -1.94. The molecule has 0 atom stereocenters. The summed E-state index contributed by atoms with van der Waals surface area (Å²) < 4.78 is 18.9. The molecule has 4 nitrogen and oxygen atoms in total. The molecule has 5 heteroatoms. The predicted molar refractivity (Wildman–Crippen MR) is 93.6 cm³/mol. The zero-order valence-corrected chi connectivity index (χ0v) is 13.7. The number of rotatable bonds is 4. The smallest absolute Gasteiger partial charge is 0.258 e. The van der Waals surface area contributed by atoms with Gasteiger partial charge < -0.3 is 4.52 Å². The average Bonchev–Trinajstić information content (AvgIpc) is 3.08. The van der Waals surface area contributed by atoms with Gasteiger partial charge in [0.15, 0.2) is 5.82 Å². The molecular formula is C20H16FN3O. The molecule has 25 heavy (non-hydrogen) atoms. The van der Waals surface area contributed by atoms with Gasteiger partial charge in [0.1, 0.15) is 5.82 Å². The second-order valence-electron chi connectivity index (χ2n) is 5.97. The van der Waals surface area contributed by atoms with E-state index in [0.29, 0.717) is 23.7 Å². The SMILES string of the molecule is Cc1cc(-c2nc(CCc3ccccc3)no2)c2ccc(F)cc2n1. The molecule has 0 unspecified atom stereocenters. The number of benzene rings is 2. The summed E-state index contributed by atoms with van der Waals surface area (Å²) in [6.45, 7) is 1.86. The van der Waals surface area contributed by atoms with Gasteiger partial charge in [-0.15, -0.1) is 0 Å². The normalized spacial score (nSPS) is 11.1. The highest BCUT2D eigenvalue weighted by Gasteiger charge is 2.14. The molecule has 0 aliphatic carbocycles. The molecule has 124 valence electrons. The molecule has 0 saturated carbocycles. The minimum Gasteiger partial charge on any atom is -0.334 e. The van der Waals surface area contributed by atoms with E-state index in [0.717, 1.165) is 23.1 Å². The van der Waals surface area contributed by atoms with Crippen LogP contribution in [0.1, 0.15) is 17.1 Å². The Morgan fingerprint density at radius 3 is 2.64 bits per heavy atom. The van der Waals surface area contributed by atoms with Crippen LogP contribution in [-0.2, 0) is 12.8 Å². The Kier molecular flexibility index (Phi) is 3.98. The average molecular weight is 333 g/mol. The van der Waals surface area contributed by atoms with Crippen LogP contribution in [0.3, 0.4) is 0 Å². The van der Waals surface area contributed by atoms with Crippen LogP contribution in [0.15, 0.2) is 59.1 Å². The van der Waals surface area contributed by atoms with E-state index in [4.69, 9.17) is 4.52 Å². The van der Waals surface area contributed by atoms with E-state index in [9.17, 15) is 4.39 Å². The molecule has 2 heterocycles. The van der Waals surface area contributed by atoms with Crippen molar-refractivity contribution in [3.63, 3.8) is 0 Å². The third-order valence-corrected chi connectivity index (χ3v) is 4.08. The summed E-state index contributed by atoms with van der Waals surface area (Å²) in [4.78, 5) is 8.89. The number of pyridine rings is 1. The van der Waals surface area contributed by atoms with Gasteiger partial charge in [-0.1, -0.05) is 35.5 Å². The molecule has 0 aliphatic rings. The van der Waals surface area contributed by atoms with Gasteiger partial charge in [-0.25, -0.2) is 4.39 Å². The Balaban J connectivity index is 1.65. The van der Waals surface area contributed by atoms with Crippen molar-refractivity contribution >= 4 is 10.9 Å². The molecule has 0 saturated heterocycles. The maximum absolute atomic E-state index is 13.5. The van der Waals surface area contributed by atoms with E-state index in [1.165, 1.54) is 17.7 Å². The summed E-state index contributed by atoms with van der Waals surface area (Å²) in [6.07, 6.45) is 1.55. The number of aromatic nitrogens is 3. The van der Waals surface area contributed by atoms with E-state index in [2.05, 4.69) is 27.3 Å². The summed E-state index contributed by atoms with van der Waals surface area (Å²) in [6, 6.07) is 16.6. The fourth-order valence-corrected chi connectivity index (χ4v) is 2.88. The third kappa shape index (κ3) is 3.26. The molecule has 0 spiro atoms. The van der Waals surface area contributed by atoms with Crippen LogP contribution in [-0.4, -0.2) is 15.1 Å². The first-order chi connectivity index (χ1) is 12.2. The van der Waals surface area contributed by atoms with Crippen LogP contribution in [0.4, 0.5) is 4.39 Å². The number of aryl methyl sites for hydroxylation is 3. The molecule has 0 bridgehead atoms. The van der Waals surface area contributed by atoms with Crippen molar-refractivity contribution in [1.29, 1.82) is 0 Å². The Morgan fingerprint density at radius 2 is 1.80 bits per heavy atom. The van der Waals surface area contributed by atoms with E-state index < -0.39 is 0 Å². The first kappa shape index (κ1) is 15.4. The van der Waals surface area contributed by atoms with Crippen LogP contribution in [0.5, 0.6) is 0 Å². The number of hydrogen-bond donors (Lipinski definition) is 0. The van der Waals surface area contributed by atoms with Gasteiger partial charge in [-0.05, 0) is 37.1 Å². The first-order valence-electron chi connectivity index (χ1n) is 8.13. The molecule has 4 aromatic rings. The van der Waals surface area contributed by atoms with Gasteiger partial charge in [0.05, 0.1) is 11.1 Å². The second-order valence-corrected chi connectivity index (χ2v) is 5.97. The zero-order valence-electron chi connectivity index (χ0n) is 13.7. The van der Waals surface area contributed by atoms with Crippen molar-refractivity contribution in [3.8, 4) is 11.5 Å². The molecule has 2 aromatic heterocycles. The van der Waals surface area contributed by atoms with E-state index >= 15 is 0 Å². The van der Waals surface area contributed by atoms with Crippen LogP contribution < -0.4 is 0 Å². The maximum Gasteiger partial charge on any atom is 0.258 e. The molecule has 0 aliphatic heterocycles. The van der Waals surface area contributed by atoms with Crippen LogP contribution in [0.2, 0.25) is 0 Å². The highest BCUT2D eigenvalue weighted by Crippen LogP contribution is 2.28. The number of fused-ring (bicyclic) bond motifs is 1. The highest BCUT2D eigenvalue weighted by atomic mass is 19.1. The molecule has 0 fully saturated rings. The monoisotopic (exact) mass is 333 g/mol. The van der Waals surface area contributed by atoms with Crippen molar-refractivity contribution < 1.29 is 8.91 Å². The maximum atomic E-state index is 13.5. The van der Waals surface area contributed by atoms with Gasteiger partial charge >= 0.3 is 0 Å². The molecule has 0 N–H and O–H groups in total. The molecule has 0 radical (unpaired) electrons. The van der Waals surface area contributed by atoms with Crippen molar-refractivity contribution in [3.05, 3.63) is 77.5 Å². The molecule has 2 aromatic carbocycles. The lowest BCUT2D eigenvalue weighted by molar-refractivity contribution is 0.422. The number of nitrogens with zero attached hydrogens (tertiary/aromatic N) is 3. The Hall–Kier alpha value is -3.08. The quantitative estimate of drug-likeness (QED) is 0.551. The summed E-state index contributed by atoms with van der Waals surface area (Å²) in [5.74, 6) is 0.777. The standard InChI is InChI=1S/C20H16FN3O/c1-13-11-17(16-9-8-15(21)12-18(16)22-13)20-23-19(24-25-20)10-7-14-5-3-2-4-6-14/h2-6,8-9,11-12H,7,10H2,1H3. The lowest BCUT2D eigenvalue weighted by Gasteiger charge is -2.04. The lowest BCUT2D eigenvalue weighted by atomic mass is 10.1. The summed E-state index contributed by atoms with van der Waals surface area (Å²) >= 11 is 0. The minimum absolute atomic E-state index is 0.314. The third-order valence-electron chi connectivity index (χ3n) is 4.08. The van der Waals surface area contributed by atoms with Gasteiger partial charge in [0, 0.05) is 23.6 Å². The topological polar surface area (TPSA) is 51.8 Å². The molecule has 4 rings (SSSR count). The largest absolute Gasteiger partial charge is 0.334 e. The van der Waals surface area contributed by atoms with Crippen LogP contribution >= 0.6 is 0 Å². The summed E-state index contributed by atoms with van der Waals surface area (Å²) in [7, 11) is 0. The zero-order chi connectivity index (χ0) is 17.2. The van der Waals surface area contributed by atoms with Gasteiger partial charge in [0.2, 0.25) is 0 Å². The van der Waals surface area contributed by atoms with Crippen molar-refractivity contribution in [2.75, 3.05) is 0 Å². The molecule has 0 amide bonds. The minimum atomic E-state index is -0.314. The summed E-state index contributed by atoms with van der Waals surface area (Å²) in [5, 5.41) is 4.88. The number of halogens is 1. The molecular weight excluding hydrogens is 317 g/mol. The fraction of sp³-hybridized carbons (Fsp3) is 0.150. The van der Waals surface area contributed by atoms with Gasteiger partial charge in [-0.2, -0.15) is 4.98 Å². The Morgan fingerprint density at radius 1 is 0.960 bits per heavy atom. The fourth-order valence-electron chi connectivity index (χ4n) is 2.88. The predicted octanol–water partition coefficient (Wildman–Crippen LogP) is 4.52. The van der Waals surface area contributed by atoms with E-state index in [1.54, 1.807) is 6.07 Å². The van der Waals surface area contributed by atoms with Crippen molar-refractivity contribution in [2.45, 2.75) is 19.8 Å². The van der Waals surface area contributed by atoms with Gasteiger partial charge in [0.25, 0.3) is 5.89 Å². The van der Waals surface area contributed by atoms with E-state index in [1.807, 2.05) is 31.2 Å². The first-order valence-corrected chi connectivity index (χ1v) is 8.13. The van der Waals surface area contributed by atoms with Crippen LogP contribution in [0.25, 0.3) is 22.4 Å². The van der Waals surface area contributed by atoms with Gasteiger partial charge in [-0.3, -0.25) is 4.98 Å². The summed E-state index contributed by atoms with van der Waals surface area (Å²) in [5.41, 5.74) is 3.37. The number of hydrogen-bond acceptors (Lipinski definition) is 4. The Bertz CT molecular complexity index is 1020. The van der Waals surface area contributed by atoms with Crippen LogP contribution in [0, 0.1) is 12.7 Å². The Labute approximate surface area is 144 Å². The van der Waals surface area contributed by atoms with E-state index in [-0.39, 0.29) is 5.82 Å². The second kappa shape index (κ2) is 6.43.